The molecule has 0 atom stereocenters. The van der Waals surface area contributed by atoms with Gasteiger partial charge in [0.15, 0.2) is 0 Å². The zero-order valence-electron chi connectivity index (χ0n) is 19.4. The normalized spacial score (nSPS) is 12.1. The van der Waals surface area contributed by atoms with Crippen LogP contribution >= 0.6 is 13.2 Å². The summed E-state index contributed by atoms with van der Waals surface area (Å²) in [5.74, 6) is 0. The summed E-state index contributed by atoms with van der Waals surface area (Å²) < 4.78 is 8.77. The van der Waals surface area contributed by atoms with Crippen LogP contribution in [0.15, 0.2) is 131 Å². The van der Waals surface area contributed by atoms with Crippen LogP contribution < -0.4 is 32.7 Å². The monoisotopic (exact) mass is 777 g/mol. The van der Waals surface area contributed by atoms with Crippen LogP contribution in [0.1, 0.15) is 0 Å². The number of hydrogen-bond acceptors (Lipinski definition) is 6. The molecule has 37 heavy (non-hydrogen) atoms. The molecule has 0 unspecified atom stereocenters. The molecule has 0 saturated carbocycles. The zero-order valence-corrected chi connectivity index (χ0v) is 26.8. The largest absolute Gasteiger partial charge is 4.00 e. The van der Waals surface area contributed by atoms with E-state index in [-0.39, 0.29) is 31.4 Å². The first-order chi connectivity index (χ1) is 17.3. The first-order valence-electron chi connectivity index (χ1n) is 10.7. The molecule has 0 heterocycles. The quantitative estimate of drug-likeness (QED) is 0.135. The molecule has 0 aromatic heterocycles. The van der Waals surface area contributed by atoms with Crippen molar-refractivity contribution in [1.82, 2.24) is 0 Å². The molecule has 0 saturated heterocycles. The Morgan fingerprint density at radius 3 is 0.811 bits per heavy atom. The van der Waals surface area contributed by atoms with E-state index in [9.17, 15) is 0 Å². The zero-order chi connectivity index (χ0) is 26.0. The van der Waals surface area contributed by atoms with Gasteiger partial charge >= 0.3 is 21.1 Å². The van der Waals surface area contributed by atoms with Gasteiger partial charge in [-0.05, 0) is 48.5 Å². The van der Waals surface area contributed by atoms with Crippen molar-refractivity contribution in [3.8, 4) is 0 Å². The van der Waals surface area contributed by atoms with E-state index in [4.69, 9.17) is 61.2 Å². The maximum Gasteiger partial charge on any atom is 4.00 e. The maximum atomic E-state index is 5.79. The Hall–Kier alpha value is -1.49. The Balaban J connectivity index is 0.000000253. The average Bonchev–Trinajstić information content (AvgIpc) is 2.90. The molecule has 190 valence electrons. The summed E-state index contributed by atoms with van der Waals surface area (Å²) in [6, 6.07) is 39.3. The summed E-state index contributed by atoms with van der Waals surface area (Å²) in [4.78, 5) is 0. The van der Waals surface area contributed by atoms with Crippen molar-refractivity contribution in [1.29, 1.82) is 0 Å². The molecule has 4 rings (SSSR count). The minimum atomic E-state index is -2.29. The van der Waals surface area contributed by atoms with Gasteiger partial charge in [-0.2, -0.15) is 9.53 Å². The molecule has 4 aromatic rings. The fraction of sp³-hybridized carbons (Fsp3) is 0. The topological polar surface area (TPSA) is 76.8 Å². The standard InChI is InChI=1S/2C13H13N2PS2.Pt/c2*14-13(17)15-16(18,11-7-3-1-4-8-11)12-9-5-2-6-10-12;/h2*1-10H,(H3,14,15,17,18);/q;;+4/p-2. The van der Waals surface area contributed by atoms with Gasteiger partial charge in [-0.15, -0.1) is 0 Å². The van der Waals surface area contributed by atoms with Crippen LogP contribution in [-0.2, 0) is 70.8 Å². The van der Waals surface area contributed by atoms with Crippen LogP contribution in [0.3, 0.4) is 0 Å². The van der Waals surface area contributed by atoms with Gasteiger partial charge in [0.2, 0.25) is 0 Å². The van der Waals surface area contributed by atoms with Gasteiger partial charge in [-0.1, -0.05) is 72.8 Å². The van der Waals surface area contributed by atoms with Crippen LogP contribution in [0.2, 0.25) is 0 Å². The Labute approximate surface area is 256 Å². The van der Waals surface area contributed by atoms with E-state index in [1.165, 1.54) is 0 Å². The molecule has 0 spiro atoms. The molecule has 0 aliphatic rings. The van der Waals surface area contributed by atoms with E-state index in [1.54, 1.807) is 0 Å². The van der Waals surface area contributed by atoms with E-state index in [0.29, 0.717) is 0 Å². The fourth-order valence-electron chi connectivity index (χ4n) is 3.33. The van der Waals surface area contributed by atoms with E-state index >= 15 is 0 Å². The van der Waals surface area contributed by atoms with E-state index in [2.05, 4.69) is 9.53 Å². The predicted molar refractivity (Wildman–Crippen MR) is 171 cm³/mol. The van der Waals surface area contributed by atoms with Crippen LogP contribution in [0.4, 0.5) is 0 Å². The summed E-state index contributed by atoms with van der Waals surface area (Å²) in [7, 11) is 0. The van der Waals surface area contributed by atoms with Crippen LogP contribution in [0, 0.1) is 0 Å². The van der Waals surface area contributed by atoms with Crippen LogP contribution in [0.25, 0.3) is 0 Å². The SMILES string of the molecule is NC([S-])=N[P+]([S-])(c1ccccc1)c1ccccc1.NC([S-])=N[P+]([S-])(c1ccccc1)c1ccccc1.[Pt+4]. The second kappa shape index (κ2) is 15.2. The van der Waals surface area contributed by atoms with Crippen molar-refractivity contribution < 1.29 is 21.1 Å². The van der Waals surface area contributed by atoms with E-state index in [0.717, 1.165) is 21.2 Å². The molecule has 4 aromatic carbocycles. The first-order valence-corrected chi connectivity index (χ1v) is 17.1. The molecular weight excluding hydrogens is 754 g/mol. The Kier molecular flexibility index (Phi) is 13.0. The van der Waals surface area contributed by atoms with Gasteiger partial charge in [0, 0.05) is 10.3 Å². The molecule has 0 bridgehead atoms. The minimum absolute atomic E-state index is 0. The number of nitrogens with two attached hydrogens (primary N) is 2. The van der Waals surface area contributed by atoms with Crippen molar-refractivity contribution in [3.63, 3.8) is 0 Å². The number of hydrogen-bond donors (Lipinski definition) is 2. The Morgan fingerprint density at radius 1 is 0.459 bits per heavy atom. The van der Waals surface area contributed by atoms with Crippen molar-refractivity contribution in [2.45, 2.75) is 0 Å². The third-order valence-corrected chi connectivity index (χ3v) is 13.4. The second-order valence-corrected chi connectivity index (χ2v) is 16.1. The van der Waals surface area contributed by atoms with E-state index < -0.39 is 13.2 Å². The minimum Gasteiger partial charge on any atom is -0.740 e. The number of benzene rings is 4. The first kappa shape index (κ1) is 31.7. The smallest absolute Gasteiger partial charge is 0.740 e. The third-order valence-electron chi connectivity index (χ3n) is 4.90. The number of nitrogens with zero attached hydrogens (tertiary/aromatic N) is 2. The Bertz CT molecular complexity index is 1110. The van der Waals surface area contributed by atoms with Gasteiger partial charge in [0.25, 0.3) is 0 Å². The summed E-state index contributed by atoms with van der Waals surface area (Å²) in [5.41, 5.74) is 11.2. The fourth-order valence-corrected chi connectivity index (χ4v) is 10.3. The van der Waals surface area contributed by atoms with Gasteiger partial charge in [0.05, 0.1) is 13.2 Å². The summed E-state index contributed by atoms with van der Waals surface area (Å²) in [6.45, 7) is -4.58. The summed E-state index contributed by atoms with van der Waals surface area (Å²) >= 11 is 21.4. The second-order valence-electron chi connectivity index (χ2n) is 7.37. The van der Waals surface area contributed by atoms with Crippen LogP contribution in [-0.4, -0.2) is 10.3 Å². The summed E-state index contributed by atoms with van der Waals surface area (Å²) in [5, 5.41) is 4.23. The Morgan fingerprint density at radius 2 is 0.649 bits per heavy atom. The van der Waals surface area contributed by atoms with Gasteiger partial charge in [0.1, 0.15) is 21.2 Å². The van der Waals surface area contributed by atoms with Crippen molar-refractivity contribution >= 4 is 94.5 Å². The molecule has 4 nitrogen and oxygen atoms in total. The molecule has 4 N–H and O–H groups in total. The molecule has 0 aliphatic carbocycles. The molecule has 0 radical (unpaired) electrons. The maximum absolute atomic E-state index is 5.79. The predicted octanol–water partition coefficient (Wildman–Crippen LogP) is 3.78. The van der Waals surface area contributed by atoms with Crippen molar-refractivity contribution in [2.24, 2.45) is 21.0 Å². The average molecular weight is 778 g/mol. The van der Waals surface area contributed by atoms with Crippen molar-refractivity contribution in [2.75, 3.05) is 0 Å². The molecule has 0 fully saturated rings. The number of amidine groups is 2. The van der Waals surface area contributed by atoms with Crippen molar-refractivity contribution in [3.05, 3.63) is 121 Å². The molecule has 0 aliphatic heterocycles. The molecular formula is C26H24N4P2PtS4+2. The van der Waals surface area contributed by atoms with Gasteiger partial charge < -0.3 is 61.2 Å². The van der Waals surface area contributed by atoms with Gasteiger partial charge in [-0.3, -0.25) is 0 Å². The molecule has 0 amide bonds. The van der Waals surface area contributed by atoms with Gasteiger partial charge in [-0.25, -0.2) is 0 Å². The third kappa shape index (κ3) is 8.76. The summed E-state index contributed by atoms with van der Waals surface area (Å²) in [6.07, 6.45) is 0. The number of rotatable bonds is 6. The van der Waals surface area contributed by atoms with E-state index in [1.807, 2.05) is 121 Å². The molecule has 11 heteroatoms. The van der Waals surface area contributed by atoms with Crippen LogP contribution in [0.5, 0.6) is 0 Å².